The predicted molar refractivity (Wildman–Crippen MR) is 83.9 cm³/mol. The van der Waals surface area contributed by atoms with E-state index in [2.05, 4.69) is 4.98 Å². The third kappa shape index (κ3) is 3.97. The number of thiazole rings is 1. The number of carbonyl (C=O) groups excluding carboxylic acids is 1. The first-order chi connectivity index (χ1) is 10.4. The molecule has 1 N–H and O–H groups in total. The number of halogens is 1. The maximum absolute atomic E-state index is 12.2. The van der Waals surface area contributed by atoms with Crippen LogP contribution in [0.1, 0.15) is 24.4 Å². The van der Waals surface area contributed by atoms with E-state index in [0.717, 1.165) is 10.6 Å². The lowest BCUT2D eigenvalue weighted by atomic mass is 10.1. The second-order valence-electron chi connectivity index (χ2n) is 5.63. The van der Waals surface area contributed by atoms with E-state index in [1.807, 2.05) is 20.8 Å². The molecule has 0 radical (unpaired) electrons. The number of ether oxygens (including phenoxy) is 2. The smallest absolute Gasteiger partial charge is 0.238 e. The van der Waals surface area contributed by atoms with Crippen molar-refractivity contribution in [2.75, 3.05) is 19.1 Å². The van der Waals surface area contributed by atoms with Crippen molar-refractivity contribution < 1.29 is 19.4 Å². The number of amides is 1. The molecule has 0 spiro atoms. The van der Waals surface area contributed by atoms with Crippen LogP contribution in [0, 0.1) is 6.92 Å². The van der Waals surface area contributed by atoms with Gasteiger partial charge in [0.15, 0.2) is 5.79 Å². The molecule has 1 saturated heterocycles. The molecule has 1 aliphatic heterocycles. The number of carbonyl (C=O) groups is 1. The van der Waals surface area contributed by atoms with Gasteiger partial charge in [-0.25, -0.2) is 4.98 Å². The van der Waals surface area contributed by atoms with Gasteiger partial charge in [-0.15, -0.1) is 22.9 Å². The van der Waals surface area contributed by atoms with Crippen LogP contribution in [0.3, 0.4) is 0 Å². The van der Waals surface area contributed by atoms with Crippen LogP contribution < -0.4 is 0 Å². The number of hydrogen-bond acceptors (Lipinski definition) is 6. The van der Waals surface area contributed by atoms with Crippen molar-refractivity contribution in [1.29, 1.82) is 0 Å². The fourth-order valence-corrected chi connectivity index (χ4v) is 3.35. The standard InChI is InChI=1S/C14H21ClN2O4S/c1-9-12(22-8-16-9)5-17(13(19)4-15)10(6-18)11-7-20-14(2,3)21-11/h8,10-11,18H,4-7H2,1-3H3/t10-,11-/m0/s1. The summed E-state index contributed by atoms with van der Waals surface area (Å²) in [4.78, 5) is 19.0. The number of rotatable bonds is 6. The average molecular weight is 349 g/mol. The highest BCUT2D eigenvalue weighted by Crippen LogP contribution is 2.27. The summed E-state index contributed by atoms with van der Waals surface area (Å²) < 4.78 is 11.3. The Kier molecular flexibility index (Phi) is 5.79. The van der Waals surface area contributed by atoms with E-state index in [9.17, 15) is 9.90 Å². The van der Waals surface area contributed by atoms with Gasteiger partial charge >= 0.3 is 0 Å². The zero-order chi connectivity index (χ0) is 16.3. The van der Waals surface area contributed by atoms with E-state index in [4.69, 9.17) is 21.1 Å². The summed E-state index contributed by atoms with van der Waals surface area (Å²) in [6, 6.07) is -0.505. The zero-order valence-electron chi connectivity index (χ0n) is 12.9. The summed E-state index contributed by atoms with van der Waals surface area (Å²) in [5.74, 6) is -1.11. The van der Waals surface area contributed by atoms with Crippen molar-refractivity contribution in [2.45, 2.75) is 45.2 Å². The van der Waals surface area contributed by atoms with E-state index < -0.39 is 11.8 Å². The summed E-state index contributed by atoms with van der Waals surface area (Å²) in [7, 11) is 0. The Bertz CT molecular complexity index is 523. The Morgan fingerprint density at radius 3 is 2.86 bits per heavy atom. The highest BCUT2D eigenvalue weighted by molar-refractivity contribution is 7.09. The molecule has 0 saturated carbocycles. The van der Waals surface area contributed by atoms with Gasteiger partial charge in [0.05, 0.1) is 37.0 Å². The number of hydrogen-bond donors (Lipinski definition) is 1. The quantitative estimate of drug-likeness (QED) is 0.789. The van der Waals surface area contributed by atoms with E-state index in [-0.39, 0.29) is 24.5 Å². The molecule has 0 unspecified atom stereocenters. The topological polar surface area (TPSA) is 71.9 Å². The lowest BCUT2D eigenvalue weighted by molar-refractivity contribution is -0.155. The van der Waals surface area contributed by atoms with Gasteiger partial charge < -0.3 is 19.5 Å². The molecule has 6 nitrogen and oxygen atoms in total. The molecule has 0 aromatic carbocycles. The van der Waals surface area contributed by atoms with Crippen LogP contribution in [-0.2, 0) is 20.8 Å². The first-order valence-electron chi connectivity index (χ1n) is 7.05. The van der Waals surface area contributed by atoms with Gasteiger partial charge in [-0.2, -0.15) is 0 Å². The number of nitrogens with zero attached hydrogens (tertiary/aromatic N) is 2. The fraction of sp³-hybridized carbons (Fsp3) is 0.714. The van der Waals surface area contributed by atoms with Gasteiger partial charge in [0.1, 0.15) is 12.0 Å². The third-order valence-electron chi connectivity index (χ3n) is 3.64. The van der Waals surface area contributed by atoms with Crippen molar-refractivity contribution in [1.82, 2.24) is 9.88 Å². The Labute approximate surface area is 139 Å². The van der Waals surface area contributed by atoms with Gasteiger partial charge in [-0.3, -0.25) is 4.79 Å². The Balaban J connectivity index is 2.19. The zero-order valence-corrected chi connectivity index (χ0v) is 14.5. The molecular weight excluding hydrogens is 328 g/mol. The number of aryl methyl sites for hydroxylation is 1. The number of aromatic nitrogens is 1. The molecule has 0 aliphatic carbocycles. The molecule has 1 aromatic heterocycles. The lowest BCUT2D eigenvalue weighted by Crippen LogP contribution is -2.50. The van der Waals surface area contributed by atoms with Crippen molar-refractivity contribution in [3.63, 3.8) is 0 Å². The lowest BCUT2D eigenvalue weighted by Gasteiger charge is -2.33. The average Bonchev–Trinajstić information content (AvgIpc) is 3.04. The first kappa shape index (κ1) is 17.6. The number of aliphatic hydroxyl groups is 1. The van der Waals surface area contributed by atoms with Crippen LogP contribution in [-0.4, -0.2) is 57.9 Å². The van der Waals surface area contributed by atoms with Gasteiger partial charge in [-0.05, 0) is 20.8 Å². The van der Waals surface area contributed by atoms with Crippen molar-refractivity contribution in [2.24, 2.45) is 0 Å². The minimum absolute atomic E-state index is 0.147. The van der Waals surface area contributed by atoms with Gasteiger partial charge in [0, 0.05) is 4.88 Å². The maximum Gasteiger partial charge on any atom is 0.238 e. The van der Waals surface area contributed by atoms with Gasteiger partial charge in [-0.1, -0.05) is 0 Å². The normalized spacial score (nSPS) is 21.8. The van der Waals surface area contributed by atoms with Crippen molar-refractivity contribution in [3.05, 3.63) is 16.1 Å². The van der Waals surface area contributed by atoms with Crippen molar-refractivity contribution in [3.8, 4) is 0 Å². The molecule has 0 bridgehead atoms. The Morgan fingerprint density at radius 1 is 1.68 bits per heavy atom. The van der Waals surface area contributed by atoms with Crippen LogP contribution in [0.15, 0.2) is 5.51 Å². The highest BCUT2D eigenvalue weighted by atomic mass is 35.5. The van der Waals surface area contributed by atoms with Gasteiger partial charge in [0.25, 0.3) is 0 Å². The predicted octanol–water partition coefficient (Wildman–Crippen LogP) is 1.53. The van der Waals surface area contributed by atoms with E-state index in [1.165, 1.54) is 11.3 Å². The third-order valence-corrected chi connectivity index (χ3v) is 4.79. The SMILES string of the molecule is Cc1ncsc1CN(C(=O)CCl)[C@@H](CO)[C@@H]1COC(C)(C)O1. The number of aliphatic hydroxyl groups excluding tert-OH is 1. The highest BCUT2D eigenvalue weighted by Gasteiger charge is 2.40. The number of alkyl halides is 1. The monoisotopic (exact) mass is 348 g/mol. The molecule has 22 heavy (non-hydrogen) atoms. The van der Waals surface area contributed by atoms with Crippen LogP contribution in [0.5, 0.6) is 0 Å². The minimum atomic E-state index is -0.714. The van der Waals surface area contributed by atoms with Gasteiger partial charge in [0.2, 0.25) is 5.91 Å². The molecule has 1 aliphatic rings. The minimum Gasteiger partial charge on any atom is -0.394 e. The van der Waals surface area contributed by atoms with E-state index >= 15 is 0 Å². The molecule has 2 atom stereocenters. The summed E-state index contributed by atoms with van der Waals surface area (Å²) in [6.45, 7) is 5.97. The molecule has 1 aromatic rings. The summed E-state index contributed by atoms with van der Waals surface area (Å²) in [5, 5.41) is 9.78. The molecule has 8 heteroatoms. The first-order valence-corrected chi connectivity index (χ1v) is 8.46. The summed E-state index contributed by atoms with van der Waals surface area (Å²) >= 11 is 7.21. The molecule has 2 rings (SSSR count). The van der Waals surface area contributed by atoms with Crippen LogP contribution in [0.25, 0.3) is 0 Å². The second-order valence-corrected chi connectivity index (χ2v) is 6.84. The second kappa shape index (κ2) is 7.23. The summed E-state index contributed by atoms with van der Waals surface area (Å²) in [5.41, 5.74) is 2.61. The van der Waals surface area contributed by atoms with Crippen LogP contribution in [0.4, 0.5) is 0 Å². The summed E-state index contributed by atoms with van der Waals surface area (Å²) in [6.07, 6.45) is -0.389. The fourth-order valence-electron chi connectivity index (χ4n) is 2.42. The van der Waals surface area contributed by atoms with Crippen molar-refractivity contribution >= 4 is 28.8 Å². The molecule has 1 amide bonds. The largest absolute Gasteiger partial charge is 0.394 e. The molecule has 2 heterocycles. The Morgan fingerprint density at radius 2 is 2.41 bits per heavy atom. The Hall–Kier alpha value is -0.730. The van der Waals surface area contributed by atoms with Crippen LogP contribution in [0.2, 0.25) is 0 Å². The molecular formula is C14H21ClN2O4S. The van der Waals surface area contributed by atoms with Crippen LogP contribution >= 0.6 is 22.9 Å². The molecule has 124 valence electrons. The van der Waals surface area contributed by atoms with E-state index in [0.29, 0.717) is 13.2 Å². The van der Waals surface area contributed by atoms with E-state index in [1.54, 1.807) is 10.4 Å². The maximum atomic E-state index is 12.2. The molecule has 1 fully saturated rings.